The fraction of sp³-hybridized carbons (Fsp3) is 0.462. The fourth-order valence-electron chi connectivity index (χ4n) is 4.62. The summed E-state index contributed by atoms with van der Waals surface area (Å²) in [7, 11) is 1.60. The highest BCUT2D eigenvalue weighted by atomic mass is 35.5. The molecule has 4 rings (SSSR count). The van der Waals surface area contributed by atoms with Crippen molar-refractivity contribution in [3.63, 3.8) is 0 Å². The van der Waals surface area contributed by atoms with Crippen molar-refractivity contribution in [1.82, 2.24) is 10.2 Å². The molecule has 0 aromatic heterocycles. The Labute approximate surface area is 215 Å². The van der Waals surface area contributed by atoms with Crippen molar-refractivity contribution in [1.29, 1.82) is 0 Å². The molecule has 0 saturated carbocycles. The van der Waals surface area contributed by atoms with Crippen molar-refractivity contribution in [2.75, 3.05) is 32.2 Å². The molecule has 2 aliphatic heterocycles. The van der Waals surface area contributed by atoms with E-state index in [0.29, 0.717) is 30.1 Å². The van der Waals surface area contributed by atoms with Crippen LogP contribution in [0.15, 0.2) is 48.5 Å². The number of aliphatic hydroxyl groups is 1. The lowest BCUT2D eigenvalue weighted by Crippen LogP contribution is -2.58. The first kappa shape index (κ1) is 26.2. The van der Waals surface area contributed by atoms with E-state index in [1.54, 1.807) is 36.3 Å². The maximum absolute atomic E-state index is 13.1. The molecule has 194 valence electrons. The highest BCUT2D eigenvalue weighted by Crippen LogP contribution is 2.28. The molecule has 2 aromatic carbocycles. The summed E-state index contributed by atoms with van der Waals surface area (Å²) in [5, 5.41) is 16.7. The number of hydrogen-bond acceptors (Lipinski definition) is 6. The van der Waals surface area contributed by atoms with Crippen LogP contribution in [0.3, 0.4) is 0 Å². The SMILES string of the molecule is COc1ccccc1CNC(=O)C[C@@H]1CC[C@@H]2[C@H](COC[C@H](O)CN2C(=O)Nc2ccc(Cl)cc2)O1. The number of β-amino-alcohol motifs (C(OH)–C–C–N with tert-alkyl or cyclic N) is 1. The zero-order chi connectivity index (χ0) is 25.5. The Balaban J connectivity index is 1.35. The predicted octanol–water partition coefficient (Wildman–Crippen LogP) is 3.20. The molecular formula is C26H32ClN3O6. The molecule has 2 aliphatic rings. The largest absolute Gasteiger partial charge is 0.496 e. The van der Waals surface area contributed by atoms with Crippen molar-refractivity contribution in [2.45, 2.75) is 50.2 Å². The van der Waals surface area contributed by atoms with Crippen LogP contribution < -0.4 is 15.4 Å². The van der Waals surface area contributed by atoms with Gasteiger partial charge in [0.25, 0.3) is 0 Å². The van der Waals surface area contributed by atoms with Crippen molar-refractivity contribution in [2.24, 2.45) is 0 Å². The van der Waals surface area contributed by atoms with Gasteiger partial charge in [0, 0.05) is 22.8 Å². The number of hydrogen-bond donors (Lipinski definition) is 3. The van der Waals surface area contributed by atoms with Gasteiger partial charge in [-0.3, -0.25) is 4.79 Å². The number of aliphatic hydroxyl groups excluding tert-OH is 1. The molecule has 3 amide bonds. The molecule has 0 radical (unpaired) electrons. The maximum Gasteiger partial charge on any atom is 0.322 e. The van der Waals surface area contributed by atoms with E-state index in [-0.39, 0.29) is 50.3 Å². The molecule has 10 heteroatoms. The number of carbonyl (C=O) groups excluding carboxylic acids is 2. The lowest BCUT2D eigenvalue weighted by Gasteiger charge is -2.44. The zero-order valence-corrected chi connectivity index (χ0v) is 20.9. The Morgan fingerprint density at radius 1 is 1.14 bits per heavy atom. The minimum atomic E-state index is -0.805. The van der Waals surface area contributed by atoms with Crippen molar-refractivity contribution < 1.29 is 28.9 Å². The van der Waals surface area contributed by atoms with Crippen LogP contribution in [0.1, 0.15) is 24.8 Å². The van der Waals surface area contributed by atoms with E-state index >= 15 is 0 Å². The van der Waals surface area contributed by atoms with E-state index in [2.05, 4.69) is 10.6 Å². The van der Waals surface area contributed by atoms with Gasteiger partial charge in [-0.2, -0.15) is 0 Å². The van der Waals surface area contributed by atoms with Crippen LogP contribution in [0.2, 0.25) is 5.02 Å². The number of amides is 3. The number of ether oxygens (including phenoxy) is 3. The molecule has 2 heterocycles. The molecule has 2 fully saturated rings. The fourth-order valence-corrected chi connectivity index (χ4v) is 4.75. The third-order valence-corrected chi connectivity index (χ3v) is 6.67. The minimum Gasteiger partial charge on any atom is -0.496 e. The second-order valence-electron chi connectivity index (χ2n) is 9.01. The summed E-state index contributed by atoms with van der Waals surface area (Å²) < 4.78 is 17.2. The topological polar surface area (TPSA) is 109 Å². The second kappa shape index (κ2) is 12.4. The second-order valence-corrected chi connectivity index (χ2v) is 9.45. The van der Waals surface area contributed by atoms with Gasteiger partial charge in [0.2, 0.25) is 5.91 Å². The van der Waals surface area contributed by atoms with Crippen LogP contribution in [0, 0.1) is 0 Å². The van der Waals surface area contributed by atoms with Crippen LogP contribution in [-0.2, 0) is 20.8 Å². The van der Waals surface area contributed by atoms with Gasteiger partial charge in [-0.1, -0.05) is 29.8 Å². The van der Waals surface area contributed by atoms with Crippen LogP contribution in [0.4, 0.5) is 10.5 Å². The number of rotatable bonds is 6. The Morgan fingerprint density at radius 3 is 2.69 bits per heavy atom. The van der Waals surface area contributed by atoms with Crippen LogP contribution >= 0.6 is 11.6 Å². The van der Waals surface area contributed by atoms with Crippen LogP contribution in [-0.4, -0.2) is 73.2 Å². The molecule has 2 saturated heterocycles. The van der Waals surface area contributed by atoms with Gasteiger partial charge in [0.05, 0.1) is 51.5 Å². The summed E-state index contributed by atoms with van der Waals surface area (Å²) in [6, 6.07) is 13.8. The van der Waals surface area contributed by atoms with E-state index in [1.165, 1.54) is 0 Å². The standard InChI is InChI=1S/C26H32ClN3O6/c1-34-23-5-3-2-4-17(23)13-28-25(32)12-21-10-11-22-24(36-21)16-35-15-20(31)14-30(22)26(33)29-19-8-6-18(27)7-9-19/h2-9,20-22,24,31H,10-16H2,1H3,(H,28,32)(H,29,33)/t20-,21+,22-,24+/m1/s1. The lowest BCUT2D eigenvalue weighted by atomic mass is 9.95. The number of nitrogens with zero attached hydrogens (tertiary/aromatic N) is 1. The zero-order valence-electron chi connectivity index (χ0n) is 20.2. The monoisotopic (exact) mass is 517 g/mol. The Hall–Kier alpha value is -2.85. The summed E-state index contributed by atoms with van der Waals surface area (Å²) in [6.45, 7) is 0.808. The van der Waals surface area contributed by atoms with Gasteiger partial charge in [0.1, 0.15) is 11.9 Å². The molecular weight excluding hydrogens is 486 g/mol. The Bertz CT molecular complexity index is 1040. The summed E-state index contributed by atoms with van der Waals surface area (Å²) >= 11 is 5.94. The smallest absolute Gasteiger partial charge is 0.322 e. The number of nitrogens with one attached hydrogen (secondary N) is 2. The summed E-state index contributed by atoms with van der Waals surface area (Å²) in [5.74, 6) is 0.601. The van der Waals surface area contributed by atoms with Gasteiger partial charge >= 0.3 is 6.03 Å². The van der Waals surface area contributed by atoms with Gasteiger partial charge in [-0.15, -0.1) is 0 Å². The van der Waals surface area contributed by atoms with E-state index in [4.69, 9.17) is 25.8 Å². The number of halogens is 1. The highest BCUT2D eigenvalue weighted by Gasteiger charge is 2.40. The van der Waals surface area contributed by atoms with E-state index in [1.807, 2.05) is 24.3 Å². The molecule has 0 aliphatic carbocycles. The number of urea groups is 1. The first-order valence-electron chi connectivity index (χ1n) is 12.1. The van der Waals surface area contributed by atoms with Gasteiger partial charge < -0.3 is 34.9 Å². The quantitative estimate of drug-likeness (QED) is 0.543. The molecule has 0 unspecified atom stereocenters. The Morgan fingerprint density at radius 2 is 1.92 bits per heavy atom. The van der Waals surface area contributed by atoms with Crippen LogP contribution in [0.25, 0.3) is 0 Å². The van der Waals surface area contributed by atoms with Gasteiger partial charge in [0.15, 0.2) is 0 Å². The third-order valence-electron chi connectivity index (χ3n) is 6.42. The molecule has 3 N–H and O–H groups in total. The number of methoxy groups -OCH3 is 1. The summed E-state index contributed by atoms with van der Waals surface area (Å²) in [6.07, 6.45) is -0.0750. The van der Waals surface area contributed by atoms with Gasteiger partial charge in [-0.05, 0) is 43.2 Å². The van der Waals surface area contributed by atoms with Crippen molar-refractivity contribution >= 4 is 29.2 Å². The first-order chi connectivity index (χ1) is 17.4. The number of benzene rings is 2. The lowest BCUT2D eigenvalue weighted by molar-refractivity contribution is -0.149. The Kier molecular flexibility index (Phi) is 9.03. The predicted molar refractivity (Wildman–Crippen MR) is 135 cm³/mol. The number of carbonyl (C=O) groups is 2. The highest BCUT2D eigenvalue weighted by molar-refractivity contribution is 6.30. The molecule has 0 bridgehead atoms. The van der Waals surface area contributed by atoms with Crippen molar-refractivity contribution in [3.05, 3.63) is 59.1 Å². The van der Waals surface area contributed by atoms with Crippen LogP contribution in [0.5, 0.6) is 5.75 Å². The molecule has 9 nitrogen and oxygen atoms in total. The third kappa shape index (κ3) is 6.88. The van der Waals surface area contributed by atoms with E-state index < -0.39 is 12.2 Å². The number of para-hydroxylation sites is 1. The minimum absolute atomic E-state index is 0.0986. The molecule has 2 aromatic rings. The normalized spacial score (nSPS) is 24.1. The van der Waals surface area contributed by atoms with E-state index in [0.717, 1.165) is 11.3 Å². The summed E-state index contributed by atoms with van der Waals surface area (Å²) in [4.78, 5) is 27.4. The average Bonchev–Trinajstić information content (AvgIpc) is 2.87. The van der Waals surface area contributed by atoms with Crippen molar-refractivity contribution in [3.8, 4) is 5.75 Å². The molecule has 4 atom stereocenters. The number of anilines is 1. The maximum atomic E-state index is 13.1. The first-order valence-corrected chi connectivity index (χ1v) is 12.4. The van der Waals surface area contributed by atoms with Gasteiger partial charge in [-0.25, -0.2) is 4.79 Å². The average molecular weight is 518 g/mol. The summed E-state index contributed by atoms with van der Waals surface area (Å²) in [5.41, 5.74) is 1.50. The molecule has 36 heavy (non-hydrogen) atoms. The number of fused-ring (bicyclic) bond motifs is 1. The van der Waals surface area contributed by atoms with E-state index in [9.17, 15) is 14.7 Å². The molecule has 0 spiro atoms.